The molecule has 1 aromatic carbocycles. The first kappa shape index (κ1) is 20.9. The molecule has 1 aliphatic rings. The van der Waals surface area contributed by atoms with Crippen molar-refractivity contribution < 1.29 is 9.59 Å². The number of para-hydroxylation sites is 1. The van der Waals surface area contributed by atoms with Crippen molar-refractivity contribution in [3.63, 3.8) is 0 Å². The molecule has 1 N–H and O–H groups in total. The number of hydrogen-bond acceptors (Lipinski definition) is 3. The minimum absolute atomic E-state index is 0.0393. The summed E-state index contributed by atoms with van der Waals surface area (Å²) in [5, 5.41) is 7.59. The number of amides is 2. The van der Waals surface area contributed by atoms with E-state index in [-0.39, 0.29) is 23.8 Å². The Kier molecular flexibility index (Phi) is 6.21. The van der Waals surface area contributed by atoms with E-state index in [1.54, 1.807) is 15.8 Å². The fourth-order valence-electron chi connectivity index (χ4n) is 3.98. The van der Waals surface area contributed by atoms with Crippen LogP contribution < -0.4 is 5.32 Å². The Morgan fingerprint density at radius 3 is 2.61 bits per heavy atom. The van der Waals surface area contributed by atoms with Gasteiger partial charge in [-0.25, -0.2) is 4.68 Å². The highest BCUT2D eigenvalue weighted by Gasteiger charge is 2.31. The smallest absolute Gasteiger partial charge is 0.259 e. The van der Waals surface area contributed by atoms with Gasteiger partial charge < -0.3 is 14.8 Å². The van der Waals surface area contributed by atoms with Crippen LogP contribution >= 0.6 is 0 Å². The Morgan fingerprint density at radius 2 is 1.90 bits per heavy atom. The van der Waals surface area contributed by atoms with Gasteiger partial charge in [-0.05, 0) is 50.5 Å². The van der Waals surface area contributed by atoms with Gasteiger partial charge in [-0.3, -0.25) is 9.59 Å². The van der Waals surface area contributed by atoms with E-state index in [1.807, 2.05) is 66.3 Å². The van der Waals surface area contributed by atoms with E-state index in [0.717, 1.165) is 24.9 Å². The van der Waals surface area contributed by atoms with E-state index in [4.69, 9.17) is 0 Å². The number of aromatic nitrogens is 3. The molecule has 2 amide bonds. The molecule has 1 fully saturated rings. The van der Waals surface area contributed by atoms with Gasteiger partial charge in [-0.1, -0.05) is 25.1 Å². The average molecular weight is 420 g/mol. The predicted molar refractivity (Wildman–Crippen MR) is 119 cm³/mol. The lowest BCUT2D eigenvalue weighted by Gasteiger charge is -2.32. The Bertz CT molecular complexity index is 1030. The number of nitrogens with one attached hydrogen (secondary N) is 1. The van der Waals surface area contributed by atoms with Gasteiger partial charge in [0.25, 0.3) is 5.91 Å². The van der Waals surface area contributed by atoms with Gasteiger partial charge in [0.15, 0.2) is 5.82 Å². The summed E-state index contributed by atoms with van der Waals surface area (Å²) in [6.07, 6.45) is 7.96. The molecule has 1 saturated heterocycles. The number of nitrogens with zero attached hydrogens (tertiary/aromatic N) is 4. The second-order valence-electron chi connectivity index (χ2n) is 8.13. The maximum Gasteiger partial charge on any atom is 0.259 e. The number of piperidine rings is 1. The second kappa shape index (κ2) is 9.20. The molecule has 0 saturated carbocycles. The minimum Gasteiger partial charge on any atom is -0.353 e. The zero-order chi connectivity index (χ0) is 21.8. The largest absolute Gasteiger partial charge is 0.353 e. The number of carbonyl (C=O) groups excluding carboxylic acids is 2. The summed E-state index contributed by atoms with van der Waals surface area (Å²) in [7, 11) is 0. The Hall–Kier alpha value is -3.35. The Morgan fingerprint density at radius 1 is 1.16 bits per heavy atom. The van der Waals surface area contributed by atoms with Crippen LogP contribution in [0.5, 0.6) is 0 Å². The standard InChI is InChI=1S/C24H29N5O2/c1-3-18(2)26-22(30)19-10-9-15-28(17-19)24(31)21-16-25-29(20-11-5-4-6-12-20)23(21)27-13-7-8-14-27/h4-8,11-14,16,18-19H,3,9-10,15,17H2,1-2H3,(H,26,30). The molecule has 3 aromatic rings. The van der Waals surface area contributed by atoms with E-state index in [0.29, 0.717) is 24.5 Å². The molecule has 162 valence electrons. The third-order valence-corrected chi connectivity index (χ3v) is 5.90. The summed E-state index contributed by atoms with van der Waals surface area (Å²) >= 11 is 0. The summed E-state index contributed by atoms with van der Waals surface area (Å²) in [6.45, 7) is 5.14. The zero-order valence-electron chi connectivity index (χ0n) is 18.1. The number of carbonyl (C=O) groups is 2. The van der Waals surface area contributed by atoms with Crippen molar-refractivity contribution in [1.29, 1.82) is 0 Å². The van der Waals surface area contributed by atoms with Gasteiger partial charge in [0.05, 0.1) is 17.8 Å². The summed E-state index contributed by atoms with van der Waals surface area (Å²) < 4.78 is 3.69. The quantitative estimate of drug-likeness (QED) is 0.665. The van der Waals surface area contributed by atoms with Crippen LogP contribution in [0.3, 0.4) is 0 Å². The molecule has 0 radical (unpaired) electrons. The highest BCUT2D eigenvalue weighted by atomic mass is 16.2. The van der Waals surface area contributed by atoms with E-state index >= 15 is 0 Å². The van der Waals surface area contributed by atoms with Crippen molar-refractivity contribution in [2.75, 3.05) is 13.1 Å². The second-order valence-corrected chi connectivity index (χ2v) is 8.13. The van der Waals surface area contributed by atoms with Crippen LogP contribution in [-0.2, 0) is 4.79 Å². The first-order valence-corrected chi connectivity index (χ1v) is 10.9. The topological polar surface area (TPSA) is 72.2 Å². The van der Waals surface area contributed by atoms with E-state index < -0.39 is 0 Å². The maximum absolute atomic E-state index is 13.5. The third kappa shape index (κ3) is 4.40. The van der Waals surface area contributed by atoms with Gasteiger partial charge in [-0.15, -0.1) is 0 Å². The SMILES string of the molecule is CCC(C)NC(=O)C1CCCN(C(=O)c2cnn(-c3ccccc3)c2-n2cccc2)C1. The molecule has 2 unspecified atom stereocenters. The van der Waals surface area contributed by atoms with Crippen LogP contribution in [0, 0.1) is 5.92 Å². The van der Waals surface area contributed by atoms with Crippen LogP contribution in [0.2, 0.25) is 0 Å². The molecule has 2 aromatic heterocycles. The van der Waals surface area contributed by atoms with Crippen molar-refractivity contribution in [3.05, 3.63) is 66.6 Å². The van der Waals surface area contributed by atoms with Gasteiger partial charge in [0, 0.05) is 31.5 Å². The van der Waals surface area contributed by atoms with E-state index in [9.17, 15) is 9.59 Å². The molecule has 4 rings (SSSR count). The predicted octanol–water partition coefficient (Wildman–Crippen LogP) is 3.43. The Balaban J connectivity index is 1.61. The number of hydrogen-bond donors (Lipinski definition) is 1. The monoisotopic (exact) mass is 419 g/mol. The van der Waals surface area contributed by atoms with E-state index in [2.05, 4.69) is 17.3 Å². The molecule has 7 heteroatoms. The van der Waals surface area contributed by atoms with Gasteiger partial charge in [0.1, 0.15) is 5.56 Å². The lowest BCUT2D eigenvalue weighted by Crippen LogP contribution is -2.47. The maximum atomic E-state index is 13.5. The summed E-state index contributed by atoms with van der Waals surface area (Å²) in [6, 6.07) is 13.8. The third-order valence-electron chi connectivity index (χ3n) is 5.90. The van der Waals surface area contributed by atoms with Crippen LogP contribution in [0.25, 0.3) is 11.5 Å². The molecule has 0 aliphatic carbocycles. The van der Waals surface area contributed by atoms with Gasteiger partial charge in [0.2, 0.25) is 5.91 Å². The number of rotatable bonds is 6. The van der Waals surface area contributed by atoms with Crippen molar-refractivity contribution in [2.45, 2.75) is 39.2 Å². The van der Waals surface area contributed by atoms with Crippen molar-refractivity contribution in [3.8, 4) is 11.5 Å². The first-order valence-electron chi connectivity index (χ1n) is 10.9. The molecule has 3 heterocycles. The van der Waals surface area contributed by atoms with Gasteiger partial charge in [-0.2, -0.15) is 5.10 Å². The zero-order valence-corrected chi connectivity index (χ0v) is 18.1. The summed E-state index contributed by atoms with van der Waals surface area (Å²) in [4.78, 5) is 28.0. The molecule has 1 aliphatic heterocycles. The number of likely N-dealkylation sites (tertiary alicyclic amines) is 1. The van der Waals surface area contributed by atoms with E-state index in [1.165, 1.54) is 0 Å². The normalized spacial score (nSPS) is 17.4. The fraction of sp³-hybridized carbons (Fsp3) is 0.375. The first-order chi connectivity index (χ1) is 15.1. The molecule has 7 nitrogen and oxygen atoms in total. The molecule has 2 atom stereocenters. The van der Waals surface area contributed by atoms with Crippen LogP contribution in [0.15, 0.2) is 61.1 Å². The fourth-order valence-corrected chi connectivity index (χ4v) is 3.98. The van der Waals surface area contributed by atoms with Gasteiger partial charge >= 0.3 is 0 Å². The average Bonchev–Trinajstić information content (AvgIpc) is 3.49. The summed E-state index contributed by atoms with van der Waals surface area (Å²) in [5.74, 6) is 0.475. The van der Waals surface area contributed by atoms with Crippen LogP contribution in [0.1, 0.15) is 43.5 Å². The molecular weight excluding hydrogens is 390 g/mol. The molecule has 31 heavy (non-hydrogen) atoms. The molecule has 0 spiro atoms. The van der Waals surface area contributed by atoms with Crippen LogP contribution in [-0.4, -0.2) is 50.2 Å². The highest BCUT2D eigenvalue weighted by molar-refractivity contribution is 5.97. The minimum atomic E-state index is -0.175. The van der Waals surface area contributed by atoms with Crippen molar-refractivity contribution >= 4 is 11.8 Å². The van der Waals surface area contributed by atoms with Crippen molar-refractivity contribution in [2.24, 2.45) is 5.92 Å². The Labute approximate surface area is 182 Å². The highest BCUT2D eigenvalue weighted by Crippen LogP contribution is 2.24. The lowest BCUT2D eigenvalue weighted by atomic mass is 9.96. The summed E-state index contributed by atoms with van der Waals surface area (Å²) in [5.41, 5.74) is 1.41. The molecular formula is C24H29N5O2. The molecule has 0 bridgehead atoms. The lowest BCUT2D eigenvalue weighted by molar-refractivity contribution is -0.126. The van der Waals surface area contributed by atoms with Crippen molar-refractivity contribution in [1.82, 2.24) is 24.6 Å². The van der Waals surface area contributed by atoms with Crippen LogP contribution in [0.4, 0.5) is 0 Å². The number of benzene rings is 1.